The van der Waals surface area contributed by atoms with E-state index in [4.69, 9.17) is 9.47 Å². The van der Waals surface area contributed by atoms with Crippen LogP contribution in [0.3, 0.4) is 0 Å². The lowest BCUT2D eigenvalue weighted by atomic mass is 9.99. The normalized spacial score (nSPS) is 20.1. The van der Waals surface area contributed by atoms with Gasteiger partial charge in [-0.2, -0.15) is 0 Å². The zero-order valence-electron chi connectivity index (χ0n) is 41.4. The average Bonchev–Trinajstić information content (AvgIpc) is 3.28. The number of unbranched alkanes of at least 4 members (excludes halogenated alkanes) is 37. The largest absolute Gasteiger partial charge is 0.394 e. The molecule has 1 rings (SSSR count). The summed E-state index contributed by atoms with van der Waals surface area (Å²) < 4.78 is 11.2. The summed E-state index contributed by atoms with van der Waals surface area (Å²) in [4.78, 5) is 12.9. The highest BCUT2D eigenvalue weighted by molar-refractivity contribution is 5.76. The van der Waals surface area contributed by atoms with Gasteiger partial charge in [0.25, 0.3) is 0 Å². The second-order valence-electron chi connectivity index (χ2n) is 19.4. The van der Waals surface area contributed by atoms with Gasteiger partial charge in [-0.25, -0.2) is 0 Å². The average molecular weight is 896 g/mol. The minimum absolute atomic E-state index is 0.176. The molecule has 7 atom stereocenters. The van der Waals surface area contributed by atoms with Crippen molar-refractivity contribution < 1.29 is 39.8 Å². The van der Waals surface area contributed by atoms with Gasteiger partial charge >= 0.3 is 0 Å². The van der Waals surface area contributed by atoms with E-state index in [2.05, 4.69) is 19.2 Å². The minimum atomic E-state index is -1.56. The Kier molecular flexibility index (Phi) is 42.6. The first-order valence-electron chi connectivity index (χ1n) is 27.4. The minimum Gasteiger partial charge on any atom is -0.394 e. The molecular weight excluding hydrogens is 791 g/mol. The first-order chi connectivity index (χ1) is 30.8. The number of allylic oxidation sites excluding steroid dienone is 1. The van der Waals surface area contributed by atoms with Crippen molar-refractivity contribution in [3.8, 4) is 0 Å². The van der Waals surface area contributed by atoms with E-state index in [9.17, 15) is 30.3 Å². The lowest BCUT2D eigenvalue weighted by Gasteiger charge is -2.40. The number of amides is 1. The van der Waals surface area contributed by atoms with E-state index in [1.54, 1.807) is 6.08 Å². The third kappa shape index (κ3) is 34.8. The van der Waals surface area contributed by atoms with E-state index in [0.29, 0.717) is 6.42 Å². The number of hydrogen-bond donors (Lipinski definition) is 6. The molecule has 0 bridgehead atoms. The second kappa shape index (κ2) is 44.7. The summed E-state index contributed by atoms with van der Waals surface area (Å²) in [6.07, 6.45) is 47.3. The molecule has 374 valence electrons. The fourth-order valence-electron chi connectivity index (χ4n) is 8.98. The van der Waals surface area contributed by atoms with E-state index in [0.717, 1.165) is 38.5 Å². The van der Waals surface area contributed by atoms with Gasteiger partial charge in [-0.05, 0) is 19.3 Å². The third-order valence-corrected chi connectivity index (χ3v) is 13.4. The number of carbonyl (C=O) groups excluding carboxylic acids is 1. The first kappa shape index (κ1) is 59.9. The summed E-state index contributed by atoms with van der Waals surface area (Å²) in [6.45, 7) is 3.78. The van der Waals surface area contributed by atoms with Crippen LogP contribution < -0.4 is 5.32 Å². The van der Waals surface area contributed by atoms with Crippen LogP contribution in [0.4, 0.5) is 0 Å². The Bertz CT molecular complexity index is 997. The number of ether oxygens (including phenoxy) is 2. The lowest BCUT2D eigenvalue weighted by molar-refractivity contribution is -0.302. The lowest BCUT2D eigenvalue weighted by Crippen LogP contribution is -2.60. The van der Waals surface area contributed by atoms with Gasteiger partial charge in [0.05, 0.1) is 25.4 Å². The molecule has 0 aliphatic carbocycles. The van der Waals surface area contributed by atoms with Crippen LogP contribution in [0.2, 0.25) is 0 Å². The molecule has 6 N–H and O–H groups in total. The SMILES string of the molecule is CCCCCCCCCCCCCCCCCCCCCCCCCCCCCC/C=C/C(O)C(COC1OC(CO)C(O)C(O)C1O)NC(=O)CCCCCCCCCCCC. The zero-order chi connectivity index (χ0) is 45.9. The second-order valence-corrected chi connectivity index (χ2v) is 19.4. The van der Waals surface area contributed by atoms with E-state index >= 15 is 0 Å². The molecule has 1 saturated heterocycles. The predicted molar refractivity (Wildman–Crippen MR) is 263 cm³/mol. The van der Waals surface area contributed by atoms with Crippen LogP contribution in [0.5, 0.6) is 0 Å². The standard InChI is InChI=1S/C54H105NO8/c1-3-5-7-9-11-13-15-16-17-18-19-20-21-22-23-24-25-26-27-28-29-30-31-32-33-34-35-37-39-41-43-48(57)47(46-62-54-53(61)52(60)51(59)49(45-56)63-54)55-50(58)44-42-40-38-36-14-12-10-8-6-4-2/h41,43,47-49,51-54,56-57,59-61H,3-40,42,44-46H2,1-2H3,(H,55,58)/b43-41+. The van der Waals surface area contributed by atoms with Crippen molar-refractivity contribution in [1.29, 1.82) is 0 Å². The van der Waals surface area contributed by atoms with Gasteiger partial charge in [0.15, 0.2) is 6.29 Å². The highest BCUT2D eigenvalue weighted by Crippen LogP contribution is 2.23. The summed E-state index contributed by atoms with van der Waals surface area (Å²) >= 11 is 0. The van der Waals surface area contributed by atoms with Crippen LogP contribution in [0.15, 0.2) is 12.2 Å². The monoisotopic (exact) mass is 896 g/mol. The van der Waals surface area contributed by atoms with Crippen molar-refractivity contribution in [2.45, 2.75) is 314 Å². The molecule has 9 nitrogen and oxygen atoms in total. The number of carbonyl (C=O) groups is 1. The van der Waals surface area contributed by atoms with Gasteiger partial charge in [0.2, 0.25) is 5.91 Å². The fraction of sp³-hybridized carbons (Fsp3) is 0.944. The van der Waals surface area contributed by atoms with E-state index in [1.807, 2.05) is 6.08 Å². The maximum absolute atomic E-state index is 12.9. The molecule has 7 unspecified atom stereocenters. The summed E-state index contributed by atoms with van der Waals surface area (Å²) in [6, 6.07) is -0.798. The van der Waals surface area contributed by atoms with Gasteiger partial charge in [0.1, 0.15) is 24.4 Å². The van der Waals surface area contributed by atoms with Crippen LogP contribution in [0.25, 0.3) is 0 Å². The summed E-state index contributed by atoms with van der Waals surface area (Å²) in [5.74, 6) is -0.176. The highest BCUT2D eigenvalue weighted by Gasteiger charge is 2.44. The van der Waals surface area contributed by atoms with Crippen molar-refractivity contribution in [2.75, 3.05) is 13.2 Å². The molecular formula is C54H105NO8. The molecule has 0 saturated carbocycles. The Morgan fingerprint density at radius 3 is 1.24 bits per heavy atom. The Hall–Kier alpha value is -1.07. The van der Waals surface area contributed by atoms with Crippen molar-refractivity contribution in [2.24, 2.45) is 0 Å². The number of nitrogens with one attached hydrogen (secondary N) is 1. The van der Waals surface area contributed by atoms with E-state index < -0.39 is 49.5 Å². The molecule has 1 amide bonds. The molecule has 9 heteroatoms. The van der Waals surface area contributed by atoms with Gasteiger partial charge < -0.3 is 40.3 Å². The highest BCUT2D eigenvalue weighted by atomic mass is 16.7. The summed E-state index contributed by atoms with van der Waals surface area (Å²) in [7, 11) is 0. The van der Waals surface area contributed by atoms with Crippen LogP contribution in [-0.2, 0) is 14.3 Å². The quantitative estimate of drug-likeness (QED) is 0.0261. The van der Waals surface area contributed by atoms with Crippen molar-refractivity contribution in [1.82, 2.24) is 5.32 Å². The molecule has 0 radical (unpaired) electrons. The summed E-state index contributed by atoms with van der Waals surface area (Å²) in [5, 5.41) is 54.3. The third-order valence-electron chi connectivity index (χ3n) is 13.4. The molecule has 0 spiro atoms. The Morgan fingerprint density at radius 1 is 0.524 bits per heavy atom. The number of aliphatic hydroxyl groups is 5. The fourth-order valence-corrected chi connectivity index (χ4v) is 8.98. The number of rotatable bonds is 47. The smallest absolute Gasteiger partial charge is 0.220 e. The molecule has 0 aromatic rings. The van der Waals surface area contributed by atoms with Crippen LogP contribution >= 0.6 is 0 Å². The van der Waals surface area contributed by atoms with Gasteiger partial charge in [-0.3, -0.25) is 4.79 Å². The Morgan fingerprint density at radius 2 is 0.873 bits per heavy atom. The summed E-state index contributed by atoms with van der Waals surface area (Å²) in [5.41, 5.74) is 0. The van der Waals surface area contributed by atoms with Crippen molar-refractivity contribution in [3.63, 3.8) is 0 Å². The molecule has 1 fully saturated rings. The molecule has 1 aliphatic rings. The van der Waals surface area contributed by atoms with E-state index in [-0.39, 0.29) is 12.5 Å². The topological polar surface area (TPSA) is 149 Å². The Balaban J connectivity index is 2.13. The first-order valence-corrected chi connectivity index (χ1v) is 27.4. The zero-order valence-corrected chi connectivity index (χ0v) is 41.4. The molecule has 0 aromatic carbocycles. The maximum Gasteiger partial charge on any atom is 0.220 e. The molecule has 1 aliphatic heterocycles. The van der Waals surface area contributed by atoms with Crippen LogP contribution in [0, 0.1) is 0 Å². The molecule has 1 heterocycles. The predicted octanol–water partition coefficient (Wildman–Crippen LogP) is 12.8. The molecule has 63 heavy (non-hydrogen) atoms. The number of aliphatic hydroxyl groups excluding tert-OH is 5. The van der Waals surface area contributed by atoms with Gasteiger partial charge in [-0.1, -0.05) is 257 Å². The van der Waals surface area contributed by atoms with Crippen molar-refractivity contribution in [3.05, 3.63) is 12.2 Å². The molecule has 0 aromatic heterocycles. The van der Waals surface area contributed by atoms with Crippen LogP contribution in [0.1, 0.15) is 271 Å². The number of hydrogen-bond acceptors (Lipinski definition) is 8. The van der Waals surface area contributed by atoms with Gasteiger partial charge in [-0.15, -0.1) is 0 Å². The van der Waals surface area contributed by atoms with Crippen molar-refractivity contribution >= 4 is 5.91 Å². The maximum atomic E-state index is 12.9. The van der Waals surface area contributed by atoms with E-state index in [1.165, 1.54) is 212 Å². The Labute approximate surface area is 388 Å². The van der Waals surface area contributed by atoms with Gasteiger partial charge in [0, 0.05) is 6.42 Å². The van der Waals surface area contributed by atoms with Crippen LogP contribution in [-0.4, -0.2) is 87.5 Å².